The minimum atomic E-state index is -0.908. The van der Waals surface area contributed by atoms with Crippen LogP contribution < -0.4 is 0 Å². The van der Waals surface area contributed by atoms with E-state index in [4.69, 9.17) is 0 Å². The summed E-state index contributed by atoms with van der Waals surface area (Å²) in [6.07, 6.45) is 7.44. The number of hydrogen-bond donors (Lipinski definition) is 1. The molecule has 6 heteroatoms. The first-order valence-electron chi connectivity index (χ1n) is 9.55. The third kappa shape index (κ3) is 3.51. The lowest BCUT2D eigenvalue weighted by molar-refractivity contribution is 0.0684. The van der Waals surface area contributed by atoms with Crippen LogP contribution in [0.15, 0.2) is 12.7 Å². The molecule has 1 unspecified atom stereocenters. The molecule has 2 heterocycles. The molecule has 6 nitrogen and oxygen atoms in total. The van der Waals surface area contributed by atoms with E-state index in [0.29, 0.717) is 12.6 Å². The summed E-state index contributed by atoms with van der Waals surface area (Å²) in [7, 11) is 0. The number of piperazine rings is 1. The van der Waals surface area contributed by atoms with Gasteiger partial charge in [0, 0.05) is 50.0 Å². The molecule has 1 aliphatic heterocycles. The van der Waals surface area contributed by atoms with Crippen LogP contribution >= 0.6 is 0 Å². The molecule has 0 amide bonds. The Morgan fingerprint density at radius 3 is 2.64 bits per heavy atom. The van der Waals surface area contributed by atoms with E-state index >= 15 is 0 Å². The van der Waals surface area contributed by atoms with E-state index in [1.807, 2.05) is 4.68 Å². The summed E-state index contributed by atoms with van der Waals surface area (Å²) in [5.41, 5.74) is 2.29. The molecule has 0 spiro atoms. The van der Waals surface area contributed by atoms with Crippen molar-refractivity contribution >= 4 is 5.97 Å². The quantitative estimate of drug-likeness (QED) is 0.795. The fourth-order valence-electron chi connectivity index (χ4n) is 4.40. The van der Waals surface area contributed by atoms with Crippen molar-refractivity contribution in [3.63, 3.8) is 0 Å². The molecule has 0 aromatic carbocycles. The van der Waals surface area contributed by atoms with Crippen LogP contribution in [0, 0.1) is 5.92 Å². The fraction of sp³-hybridized carbons (Fsp3) is 0.684. The molecule has 2 fully saturated rings. The minimum Gasteiger partial charge on any atom is -0.476 e. The van der Waals surface area contributed by atoms with Gasteiger partial charge in [0.2, 0.25) is 0 Å². The highest BCUT2D eigenvalue weighted by Crippen LogP contribution is 2.31. The number of rotatable bonds is 6. The maximum atomic E-state index is 11.6. The Labute approximate surface area is 149 Å². The summed E-state index contributed by atoms with van der Waals surface area (Å²) in [6, 6.07) is 0.454. The smallest absolute Gasteiger partial charge is 0.356 e. The van der Waals surface area contributed by atoms with Gasteiger partial charge in [-0.1, -0.05) is 6.08 Å². The van der Waals surface area contributed by atoms with Crippen molar-refractivity contribution in [3.8, 4) is 0 Å². The number of carbonyl (C=O) groups is 1. The van der Waals surface area contributed by atoms with E-state index in [1.54, 1.807) is 6.08 Å². The molecule has 1 N–H and O–H groups in total. The van der Waals surface area contributed by atoms with Crippen LogP contribution in [0.3, 0.4) is 0 Å². The van der Waals surface area contributed by atoms with Gasteiger partial charge in [-0.2, -0.15) is 5.10 Å². The lowest BCUT2D eigenvalue weighted by atomic mass is 9.90. The number of carboxylic acids is 1. The highest BCUT2D eigenvalue weighted by molar-refractivity contribution is 5.87. The molecule has 4 rings (SSSR count). The number of allylic oxidation sites excluding steroid dienone is 1. The van der Waals surface area contributed by atoms with Crippen molar-refractivity contribution in [2.75, 3.05) is 32.7 Å². The average molecular weight is 344 g/mol. The van der Waals surface area contributed by atoms with Crippen molar-refractivity contribution in [2.45, 2.75) is 44.7 Å². The largest absolute Gasteiger partial charge is 0.476 e. The van der Waals surface area contributed by atoms with Crippen LogP contribution in [0.25, 0.3) is 0 Å². The third-order valence-electron chi connectivity index (χ3n) is 5.96. The maximum Gasteiger partial charge on any atom is 0.356 e. The summed E-state index contributed by atoms with van der Waals surface area (Å²) in [6.45, 7) is 10.1. The standard InChI is InChI=1S/C19H28N4O2/c1-2-7-23-17-6-5-15(12-16(17)18(20-23)19(24)25)22-10-8-21(9-11-22)13-14-3-4-14/h2,14-15H,1,3-13H2,(H,24,25). The number of aromatic nitrogens is 2. The first kappa shape index (κ1) is 16.8. The van der Waals surface area contributed by atoms with Crippen molar-refractivity contribution in [2.24, 2.45) is 5.92 Å². The van der Waals surface area contributed by atoms with Gasteiger partial charge in [-0.05, 0) is 38.0 Å². The number of hydrogen-bond acceptors (Lipinski definition) is 4. The van der Waals surface area contributed by atoms with Gasteiger partial charge in [0.05, 0.1) is 6.54 Å². The van der Waals surface area contributed by atoms with Gasteiger partial charge in [-0.25, -0.2) is 4.79 Å². The summed E-state index contributed by atoms with van der Waals surface area (Å²) in [5.74, 6) is 0.0478. The highest BCUT2D eigenvalue weighted by Gasteiger charge is 2.33. The van der Waals surface area contributed by atoms with Gasteiger partial charge in [-0.15, -0.1) is 6.58 Å². The normalized spacial score (nSPS) is 24.9. The molecule has 0 radical (unpaired) electrons. The fourth-order valence-corrected chi connectivity index (χ4v) is 4.40. The lowest BCUT2D eigenvalue weighted by Gasteiger charge is -2.40. The monoisotopic (exact) mass is 344 g/mol. The Morgan fingerprint density at radius 1 is 1.24 bits per heavy atom. The van der Waals surface area contributed by atoms with E-state index in [0.717, 1.165) is 62.6 Å². The summed E-state index contributed by atoms with van der Waals surface area (Å²) in [4.78, 5) is 16.8. The minimum absolute atomic E-state index is 0.244. The van der Waals surface area contributed by atoms with Crippen LogP contribution in [-0.4, -0.2) is 69.4 Å². The number of carboxylic acid groups (broad SMARTS) is 1. The Morgan fingerprint density at radius 2 is 2.00 bits per heavy atom. The van der Waals surface area contributed by atoms with E-state index < -0.39 is 5.97 Å². The SMILES string of the molecule is C=CCn1nc(C(=O)O)c2c1CCC(N1CCN(CC3CC3)CC1)C2. The van der Waals surface area contributed by atoms with Crippen LogP contribution in [0.1, 0.15) is 41.0 Å². The molecular weight excluding hydrogens is 316 g/mol. The van der Waals surface area contributed by atoms with Gasteiger partial charge >= 0.3 is 5.97 Å². The van der Waals surface area contributed by atoms with E-state index in [9.17, 15) is 9.90 Å². The number of nitrogens with zero attached hydrogens (tertiary/aromatic N) is 4. The topological polar surface area (TPSA) is 61.6 Å². The van der Waals surface area contributed by atoms with Crippen LogP contribution in [-0.2, 0) is 19.4 Å². The second-order valence-corrected chi connectivity index (χ2v) is 7.73. The van der Waals surface area contributed by atoms with Gasteiger partial charge in [0.15, 0.2) is 5.69 Å². The molecule has 1 aromatic rings. The van der Waals surface area contributed by atoms with Crippen molar-refractivity contribution in [1.82, 2.24) is 19.6 Å². The Bertz CT molecular complexity index is 657. The zero-order valence-corrected chi connectivity index (χ0v) is 14.9. The maximum absolute atomic E-state index is 11.6. The molecule has 136 valence electrons. The predicted molar refractivity (Wildman–Crippen MR) is 95.9 cm³/mol. The van der Waals surface area contributed by atoms with Crippen LogP contribution in [0.2, 0.25) is 0 Å². The van der Waals surface area contributed by atoms with Gasteiger partial charge in [-0.3, -0.25) is 9.58 Å². The molecule has 1 saturated heterocycles. The van der Waals surface area contributed by atoms with Crippen LogP contribution in [0.5, 0.6) is 0 Å². The summed E-state index contributed by atoms with van der Waals surface area (Å²) in [5, 5.41) is 13.9. The van der Waals surface area contributed by atoms with Crippen molar-refractivity contribution in [1.29, 1.82) is 0 Å². The summed E-state index contributed by atoms with van der Waals surface area (Å²) < 4.78 is 1.83. The zero-order valence-electron chi connectivity index (χ0n) is 14.9. The number of fused-ring (bicyclic) bond motifs is 1. The zero-order chi connectivity index (χ0) is 17.4. The van der Waals surface area contributed by atoms with E-state index in [-0.39, 0.29) is 5.69 Å². The molecule has 2 aliphatic carbocycles. The molecule has 1 aromatic heterocycles. The van der Waals surface area contributed by atoms with Crippen molar-refractivity contribution in [3.05, 3.63) is 29.6 Å². The molecule has 3 aliphatic rings. The molecule has 1 saturated carbocycles. The Balaban J connectivity index is 1.43. The third-order valence-corrected chi connectivity index (χ3v) is 5.96. The predicted octanol–water partition coefficient (Wildman–Crippen LogP) is 1.65. The lowest BCUT2D eigenvalue weighted by Crippen LogP contribution is -2.52. The van der Waals surface area contributed by atoms with Gasteiger partial charge in [0.25, 0.3) is 0 Å². The molecule has 25 heavy (non-hydrogen) atoms. The van der Waals surface area contributed by atoms with Gasteiger partial charge < -0.3 is 10.0 Å². The first-order valence-corrected chi connectivity index (χ1v) is 9.55. The van der Waals surface area contributed by atoms with Crippen molar-refractivity contribution < 1.29 is 9.90 Å². The van der Waals surface area contributed by atoms with E-state index in [1.165, 1.54) is 19.4 Å². The summed E-state index contributed by atoms with van der Waals surface area (Å²) >= 11 is 0. The van der Waals surface area contributed by atoms with E-state index in [2.05, 4.69) is 21.5 Å². The first-order chi connectivity index (χ1) is 12.2. The molecule has 1 atom stereocenters. The second-order valence-electron chi connectivity index (χ2n) is 7.73. The average Bonchev–Trinajstić information content (AvgIpc) is 3.35. The molecule has 0 bridgehead atoms. The molecular formula is C19H28N4O2. The highest BCUT2D eigenvalue weighted by atomic mass is 16.4. The Kier molecular flexibility index (Phi) is 4.65. The second kappa shape index (κ2) is 6.92. The Hall–Kier alpha value is -1.66. The van der Waals surface area contributed by atoms with Crippen LogP contribution in [0.4, 0.5) is 0 Å². The number of aromatic carboxylic acids is 1. The van der Waals surface area contributed by atoms with Gasteiger partial charge in [0.1, 0.15) is 0 Å².